The van der Waals surface area contributed by atoms with Gasteiger partial charge >= 0.3 is 0 Å². The van der Waals surface area contributed by atoms with Crippen LogP contribution in [-0.4, -0.2) is 36.3 Å². The highest BCUT2D eigenvalue weighted by molar-refractivity contribution is 5.75. The first kappa shape index (κ1) is 13.1. The van der Waals surface area contributed by atoms with Crippen molar-refractivity contribution < 1.29 is 5.11 Å². The minimum absolute atomic E-state index is 0.0765. The summed E-state index contributed by atoms with van der Waals surface area (Å²) in [5.41, 5.74) is 4.22. The molecule has 0 aliphatic carbocycles. The monoisotopic (exact) mass is 269 g/mol. The number of rotatable bonds is 3. The van der Waals surface area contributed by atoms with Crippen LogP contribution in [0.5, 0.6) is 0 Å². The molecule has 1 fully saturated rings. The summed E-state index contributed by atoms with van der Waals surface area (Å²) in [6.07, 6.45) is 1.83. The third-order valence-electron chi connectivity index (χ3n) is 3.65. The van der Waals surface area contributed by atoms with Crippen LogP contribution in [0.4, 0.5) is 5.69 Å². The average Bonchev–Trinajstić information content (AvgIpc) is 2.56. The summed E-state index contributed by atoms with van der Waals surface area (Å²) in [7, 11) is 0. The number of aliphatic hydroxyl groups excluding tert-OH is 1. The molecule has 1 aliphatic heterocycles. The maximum Gasteiger partial charge on any atom is 0.0935 e. The highest BCUT2D eigenvalue weighted by Gasteiger charge is 2.15. The molecule has 4 heteroatoms. The van der Waals surface area contributed by atoms with Crippen molar-refractivity contribution in [1.29, 1.82) is 0 Å². The number of hydrogen-bond donors (Lipinski definition) is 2. The van der Waals surface area contributed by atoms with Crippen LogP contribution in [0.2, 0.25) is 0 Å². The maximum absolute atomic E-state index is 9.13. The normalized spacial score (nSPS) is 15.3. The summed E-state index contributed by atoms with van der Waals surface area (Å²) < 4.78 is 0. The molecule has 0 amide bonds. The molecule has 0 atom stereocenters. The van der Waals surface area contributed by atoms with E-state index in [4.69, 9.17) is 5.11 Å². The third kappa shape index (κ3) is 2.66. The van der Waals surface area contributed by atoms with Crippen molar-refractivity contribution in [2.24, 2.45) is 0 Å². The maximum atomic E-state index is 9.13. The number of aromatic nitrogens is 1. The summed E-state index contributed by atoms with van der Waals surface area (Å²) in [5, 5.41) is 12.5. The van der Waals surface area contributed by atoms with E-state index in [1.54, 1.807) is 0 Å². The number of pyridine rings is 1. The molecule has 0 bridgehead atoms. The molecule has 1 aromatic heterocycles. The second kappa shape index (κ2) is 6.03. The van der Waals surface area contributed by atoms with Gasteiger partial charge in [-0.05, 0) is 17.7 Å². The number of anilines is 1. The van der Waals surface area contributed by atoms with Gasteiger partial charge in [0.1, 0.15) is 0 Å². The standard InChI is InChI=1S/C16H19N3O/c20-12-13-3-5-14(6-4-13)16-15(2-1-7-18-16)19-10-8-17-9-11-19/h1-7,17,20H,8-12H2. The molecule has 20 heavy (non-hydrogen) atoms. The SMILES string of the molecule is OCc1ccc(-c2ncccc2N2CCNCC2)cc1. The minimum Gasteiger partial charge on any atom is -0.392 e. The lowest BCUT2D eigenvalue weighted by molar-refractivity contribution is 0.282. The van der Waals surface area contributed by atoms with Gasteiger partial charge in [0.2, 0.25) is 0 Å². The van der Waals surface area contributed by atoms with Crippen molar-refractivity contribution in [3.8, 4) is 11.3 Å². The Morgan fingerprint density at radius 1 is 1.10 bits per heavy atom. The minimum atomic E-state index is 0.0765. The van der Waals surface area contributed by atoms with Crippen molar-refractivity contribution in [3.63, 3.8) is 0 Å². The van der Waals surface area contributed by atoms with Crippen LogP contribution in [0.3, 0.4) is 0 Å². The molecule has 1 saturated heterocycles. The fourth-order valence-corrected chi connectivity index (χ4v) is 2.55. The molecular formula is C16H19N3O. The zero-order valence-electron chi connectivity index (χ0n) is 11.4. The van der Waals surface area contributed by atoms with Gasteiger partial charge in [-0.25, -0.2) is 0 Å². The Balaban J connectivity index is 1.95. The van der Waals surface area contributed by atoms with Crippen molar-refractivity contribution in [3.05, 3.63) is 48.2 Å². The highest BCUT2D eigenvalue weighted by Crippen LogP contribution is 2.28. The molecule has 104 valence electrons. The Labute approximate surface area is 119 Å². The number of nitrogens with one attached hydrogen (secondary N) is 1. The third-order valence-corrected chi connectivity index (χ3v) is 3.65. The van der Waals surface area contributed by atoms with Crippen LogP contribution >= 0.6 is 0 Å². The lowest BCUT2D eigenvalue weighted by Crippen LogP contribution is -2.43. The molecule has 2 heterocycles. The smallest absolute Gasteiger partial charge is 0.0935 e. The number of piperazine rings is 1. The van der Waals surface area contributed by atoms with Crippen LogP contribution in [0.1, 0.15) is 5.56 Å². The molecule has 2 aromatic rings. The number of hydrogen-bond acceptors (Lipinski definition) is 4. The predicted octanol–water partition coefficient (Wildman–Crippen LogP) is 1.65. The van der Waals surface area contributed by atoms with Gasteiger partial charge in [-0.15, -0.1) is 0 Å². The average molecular weight is 269 g/mol. The summed E-state index contributed by atoms with van der Waals surface area (Å²) in [5.74, 6) is 0. The van der Waals surface area contributed by atoms with E-state index in [9.17, 15) is 0 Å². The van der Waals surface area contributed by atoms with Gasteiger partial charge in [-0.3, -0.25) is 4.98 Å². The first-order valence-corrected chi connectivity index (χ1v) is 6.99. The summed E-state index contributed by atoms with van der Waals surface area (Å²) in [4.78, 5) is 6.93. The molecule has 1 aliphatic rings. The van der Waals surface area contributed by atoms with Crippen molar-refractivity contribution in [1.82, 2.24) is 10.3 Å². The summed E-state index contributed by atoms with van der Waals surface area (Å²) in [6.45, 7) is 4.11. The molecule has 0 saturated carbocycles. The van der Waals surface area contributed by atoms with E-state index in [0.717, 1.165) is 43.0 Å². The van der Waals surface area contributed by atoms with Gasteiger partial charge in [-0.2, -0.15) is 0 Å². The fraction of sp³-hybridized carbons (Fsp3) is 0.312. The molecule has 3 rings (SSSR count). The molecular weight excluding hydrogens is 250 g/mol. The zero-order valence-corrected chi connectivity index (χ0v) is 11.4. The Bertz CT molecular complexity index is 562. The van der Waals surface area contributed by atoms with E-state index >= 15 is 0 Å². The zero-order chi connectivity index (χ0) is 13.8. The van der Waals surface area contributed by atoms with Crippen LogP contribution in [0.15, 0.2) is 42.6 Å². The van der Waals surface area contributed by atoms with E-state index in [2.05, 4.69) is 21.3 Å². The van der Waals surface area contributed by atoms with E-state index in [1.807, 2.05) is 36.5 Å². The molecule has 0 spiro atoms. The Morgan fingerprint density at radius 2 is 1.85 bits per heavy atom. The highest BCUT2D eigenvalue weighted by atomic mass is 16.3. The lowest BCUT2D eigenvalue weighted by Gasteiger charge is -2.30. The Morgan fingerprint density at radius 3 is 2.55 bits per heavy atom. The Hall–Kier alpha value is -1.91. The van der Waals surface area contributed by atoms with E-state index < -0.39 is 0 Å². The van der Waals surface area contributed by atoms with Crippen molar-refractivity contribution in [2.45, 2.75) is 6.61 Å². The number of nitrogens with zero attached hydrogens (tertiary/aromatic N) is 2. The molecule has 1 aromatic carbocycles. The van der Waals surface area contributed by atoms with E-state index in [-0.39, 0.29) is 6.61 Å². The molecule has 0 unspecified atom stereocenters. The van der Waals surface area contributed by atoms with Gasteiger partial charge in [0.25, 0.3) is 0 Å². The van der Waals surface area contributed by atoms with Crippen molar-refractivity contribution in [2.75, 3.05) is 31.1 Å². The predicted molar refractivity (Wildman–Crippen MR) is 80.7 cm³/mol. The first-order valence-electron chi connectivity index (χ1n) is 6.99. The van der Waals surface area contributed by atoms with E-state index in [1.165, 1.54) is 5.69 Å². The second-order valence-corrected chi connectivity index (χ2v) is 4.96. The van der Waals surface area contributed by atoms with Gasteiger partial charge in [0.05, 0.1) is 18.0 Å². The van der Waals surface area contributed by atoms with Crippen LogP contribution in [0, 0.1) is 0 Å². The van der Waals surface area contributed by atoms with Crippen molar-refractivity contribution >= 4 is 5.69 Å². The second-order valence-electron chi connectivity index (χ2n) is 4.96. The largest absolute Gasteiger partial charge is 0.392 e. The Kier molecular flexibility index (Phi) is 3.95. The number of benzene rings is 1. The molecule has 2 N–H and O–H groups in total. The van der Waals surface area contributed by atoms with Crippen LogP contribution in [0.25, 0.3) is 11.3 Å². The lowest BCUT2D eigenvalue weighted by atomic mass is 10.1. The van der Waals surface area contributed by atoms with Crippen LogP contribution < -0.4 is 10.2 Å². The summed E-state index contributed by atoms with van der Waals surface area (Å²) >= 11 is 0. The quantitative estimate of drug-likeness (QED) is 0.889. The van der Waals surface area contributed by atoms with Crippen LogP contribution in [-0.2, 0) is 6.61 Å². The van der Waals surface area contributed by atoms with Gasteiger partial charge < -0.3 is 15.3 Å². The first-order chi connectivity index (χ1) is 9.88. The van der Waals surface area contributed by atoms with Gasteiger partial charge in [-0.1, -0.05) is 24.3 Å². The summed E-state index contributed by atoms with van der Waals surface area (Å²) in [6, 6.07) is 12.1. The van der Waals surface area contributed by atoms with Gasteiger partial charge in [0.15, 0.2) is 0 Å². The van der Waals surface area contributed by atoms with Gasteiger partial charge in [0, 0.05) is 37.9 Å². The molecule has 0 radical (unpaired) electrons. The molecule has 4 nitrogen and oxygen atoms in total. The topological polar surface area (TPSA) is 48.4 Å². The number of aliphatic hydroxyl groups is 1. The van der Waals surface area contributed by atoms with E-state index in [0.29, 0.717) is 0 Å². The fourth-order valence-electron chi connectivity index (χ4n) is 2.55.